The maximum atomic E-state index is 14.3. The highest BCUT2D eigenvalue weighted by Gasteiger charge is 2.29. The van der Waals surface area contributed by atoms with Crippen LogP contribution < -0.4 is 20.3 Å². The van der Waals surface area contributed by atoms with E-state index in [-0.39, 0.29) is 11.7 Å². The first-order chi connectivity index (χ1) is 26.3. The number of nitrogens with zero attached hydrogens (tertiary/aromatic N) is 6. The molecule has 2 aliphatic rings. The number of carbonyl (C=O) groups is 1. The van der Waals surface area contributed by atoms with E-state index in [4.69, 9.17) is 14.7 Å². The van der Waals surface area contributed by atoms with Gasteiger partial charge in [-0.15, -0.1) is 0 Å². The summed E-state index contributed by atoms with van der Waals surface area (Å²) in [6.45, 7) is 3.69. The summed E-state index contributed by atoms with van der Waals surface area (Å²) in [7, 11) is 1.64. The van der Waals surface area contributed by atoms with Gasteiger partial charge in [0.05, 0.1) is 36.0 Å². The third-order valence-corrected chi connectivity index (χ3v) is 10.2. The van der Waals surface area contributed by atoms with Gasteiger partial charge in [0.15, 0.2) is 0 Å². The average Bonchev–Trinajstić information content (AvgIpc) is 3.60. The minimum Gasteiger partial charge on any atom is -0.494 e. The number of rotatable bonds is 9. The number of halogens is 2. The van der Waals surface area contributed by atoms with E-state index in [2.05, 4.69) is 31.5 Å². The van der Waals surface area contributed by atoms with E-state index in [0.717, 1.165) is 69.7 Å². The van der Waals surface area contributed by atoms with Crippen LogP contribution >= 0.6 is 0 Å². The molecule has 276 valence electrons. The fourth-order valence-corrected chi connectivity index (χ4v) is 7.51. The van der Waals surface area contributed by atoms with E-state index in [0.29, 0.717) is 51.7 Å². The molecule has 2 aliphatic heterocycles. The number of likely N-dealkylation sites (tertiary alicyclic amines) is 1. The molecule has 2 saturated heterocycles. The molecule has 13 heteroatoms. The van der Waals surface area contributed by atoms with Crippen LogP contribution in [0.5, 0.6) is 5.75 Å². The highest BCUT2D eigenvalue weighted by Crippen LogP contribution is 2.36. The second kappa shape index (κ2) is 15.2. The zero-order valence-corrected chi connectivity index (χ0v) is 29.8. The van der Waals surface area contributed by atoms with Gasteiger partial charge in [0.1, 0.15) is 28.7 Å². The zero-order valence-electron chi connectivity index (χ0n) is 29.8. The first kappa shape index (κ1) is 35.1. The Balaban J connectivity index is 1.04. The minimum absolute atomic E-state index is 0.199. The maximum absolute atomic E-state index is 14.3. The number of methoxy groups -OCH3 is 1. The number of anilines is 4. The van der Waals surface area contributed by atoms with E-state index in [1.165, 1.54) is 6.07 Å². The van der Waals surface area contributed by atoms with Crippen molar-refractivity contribution < 1.29 is 23.4 Å². The van der Waals surface area contributed by atoms with Crippen molar-refractivity contribution in [1.29, 1.82) is 0 Å². The lowest BCUT2D eigenvalue weighted by atomic mass is 9.98. The second-order valence-electron chi connectivity index (χ2n) is 13.7. The number of β-amino-alcohol motifs (C(OH)–C–C–N with tert-alkyl or cyclic N) is 1. The molecule has 8 rings (SSSR count). The second-order valence-corrected chi connectivity index (χ2v) is 13.7. The Morgan fingerprint density at radius 3 is 2.52 bits per heavy atom. The number of fused-ring (bicyclic) bond motifs is 1. The molecule has 3 aromatic carbocycles. The fourth-order valence-electron chi connectivity index (χ4n) is 7.51. The van der Waals surface area contributed by atoms with Crippen LogP contribution in [0.4, 0.5) is 31.8 Å². The zero-order chi connectivity index (χ0) is 37.2. The van der Waals surface area contributed by atoms with Crippen molar-refractivity contribution in [2.45, 2.75) is 37.8 Å². The molecule has 0 bridgehead atoms. The Kier molecular flexibility index (Phi) is 9.89. The molecule has 0 unspecified atom stereocenters. The van der Waals surface area contributed by atoms with Gasteiger partial charge >= 0.3 is 0 Å². The van der Waals surface area contributed by atoms with Crippen molar-refractivity contribution in [2.75, 3.05) is 48.8 Å². The molecule has 3 aromatic heterocycles. The number of hydrogen-bond donors (Lipinski definition) is 3. The van der Waals surface area contributed by atoms with Crippen LogP contribution in [0.25, 0.3) is 28.3 Å². The van der Waals surface area contributed by atoms with Gasteiger partial charge in [-0.1, -0.05) is 24.3 Å². The van der Waals surface area contributed by atoms with Crippen LogP contribution in [0, 0.1) is 11.6 Å². The number of ether oxygens (including phenoxy) is 1. The molecule has 0 radical (unpaired) electrons. The third-order valence-electron chi connectivity index (χ3n) is 10.2. The number of carbonyl (C=O) groups excluding carboxylic acids is 1. The highest BCUT2D eigenvalue weighted by atomic mass is 19.1. The summed E-state index contributed by atoms with van der Waals surface area (Å²) in [5.41, 5.74) is 4.54. The van der Waals surface area contributed by atoms with Crippen LogP contribution in [0.15, 0.2) is 97.3 Å². The number of para-hydroxylation sites is 1. The standard InChI is InChI=1S/C41H40F2N8O3/c1-54-35-24-29(49-21-16-28(17-22-49)50-19-6-9-30(52)25-50)13-14-33(35)45-41-44-18-15-34(46-41)39-37(47-36-12-2-3-20-51(36)39)26-7-4-8-27(23-26)40(53)48-38-31(42)10-5-11-32(38)43/h2-5,7-8,10-15,18,20,23-24,28,30,52H,6,9,16-17,19,21-22,25H2,1H3,(H,48,53)(H,44,45,46)/t30-/m0/s1. The molecule has 6 aromatic rings. The number of pyridine rings is 1. The SMILES string of the molecule is COc1cc(N2CCC(N3CCC[C@H](O)C3)CC2)ccc1Nc1nccc(-c2c(-c3cccc(C(=O)Nc4c(F)cccc4F)c3)nc3ccccn23)n1. The molecule has 0 aliphatic carbocycles. The monoisotopic (exact) mass is 730 g/mol. The summed E-state index contributed by atoms with van der Waals surface area (Å²) in [4.78, 5) is 32.3. The lowest BCUT2D eigenvalue weighted by molar-refractivity contribution is 0.0398. The summed E-state index contributed by atoms with van der Waals surface area (Å²) >= 11 is 0. The fraction of sp³-hybridized carbons (Fsp3) is 0.268. The Morgan fingerprint density at radius 1 is 0.907 bits per heavy atom. The van der Waals surface area contributed by atoms with E-state index in [1.807, 2.05) is 47.0 Å². The first-order valence-corrected chi connectivity index (χ1v) is 18.1. The number of aliphatic hydroxyl groups excluding tert-OH is 1. The van der Waals surface area contributed by atoms with E-state index >= 15 is 0 Å². The molecule has 3 N–H and O–H groups in total. The topological polar surface area (TPSA) is 120 Å². The quantitative estimate of drug-likeness (QED) is 0.142. The highest BCUT2D eigenvalue weighted by molar-refractivity contribution is 6.05. The van der Waals surface area contributed by atoms with Gasteiger partial charge in [0, 0.05) is 61.0 Å². The van der Waals surface area contributed by atoms with Crippen molar-refractivity contribution in [3.05, 3.63) is 115 Å². The molecular formula is C41H40F2N8O3. The lowest BCUT2D eigenvalue weighted by Crippen LogP contribution is -2.49. The van der Waals surface area contributed by atoms with Gasteiger partial charge in [-0.3, -0.25) is 14.1 Å². The first-order valence-electron chi connectivity index (χ1n) is 18.1. The average molecular weight is 731 g/mol. The van der Waals surface area contributed by atoms with Crippen LogP contribution in [0.2, 0.25) is 0 Å². The van der Waals surface area contributed by atoms with Crippen molar-refractivity contribution in [1.82, 2.24) is 24.3 Å². The van der Waals surface area contributed by atoms with Crippen LogP contribution in [0.1, 0.15) is 36.0 Å². The molecule has 1 amide bonds. The lowest BCUT2D eigenvalue weighted by Gasteiger charge is -2.42. The number of piperidine rings is 2. The third kappa shape index (κ3) is 7.20. The predicted octanol–water partition coefficient (Wildman–Crippen LogP) is 7.17. The molecule has 54 heavy (non-hydrogen) atoms. The normalized spacial score (nSPS) is 16.7. The van der Waals surface area contributed by atoms with Gasteiger partial charge in [-0.05, 0) is 86.8 Å². The number of imidazole rings is 1. The summed E-state index contributed by atoms with van der Waals surface area (Å²) in [5, 5.41) is 15.8. The molecule has 5 heterocycles. The molecule has 1 atom stereocenters. The van der Waals surface area contributed by atoms with Crippen molar-refractivity contribution in [2.24, 2.45) is 0 Å². The molecule has 2 fully saturated rings. The van der Waals surface area contributed by atoms with Gasteiger partial charge in [0.2, 0.25) is 5.95 Å². The number of benzene rings is 3. The Hall–Kier alpha value is -5.92. The maximum Gasteiger partial charge on any atom is 0.255 e. The summed E-state index contributed by atoms with van der Waals surface area (Å²) in [5.74, 6) is -1.39. The van der Waals surface area contributed by atoms with Gasteiger partial charge in [-0.25, -0.2) is 23.7 Å². The number of nitrogens with one attached hydrogen (secondary N) is 2. The summed E-state index contributed by atoms with van der Waals surface area (Å²) < 4.78 is 36.4. The van der Waals surface area contributed by atoms with E-state index < -0.39 is 23.2 Å². The van der Waals surface area contributed by atoms with Crippen molar-refractivity contribution in [3.63, 3.8) is 0 Å². The molecule has 11 nitrogen and oxygen atoms in total. The number of amides is 1. The van der Waals surface area contributed by atoms with Crippen LogP contribution in [0.3, 0.4) is 0 Å². The van der Waals surface area contributed by atoms with Gasteiger partial charge < -0.3 is 25.4 Å². The summed E-state index contributed by atoms with van der Waals surface area (Å²) in [6, 6.07) is 24.1. The van der Waals surface area contributed by atoms with Crippen LogP contribution in [-0.4, -0.2) is 80.7 Å². The van der Waals surface area contributed by atoms with Crippen LogP contribution in [-0.2, 0) is 0 Å². The van der Waals surface area contributed by atoms with E-state index in [9.17, 15) is 18.7 Å². The predicted molar refractivity (Wildman–Crippen MR) is 204 cm³/mol. The number of aromatic nitrogens is 4. The van der Waals surface area contributed by atoms with Crippen molar-refractivity contribution >= 4 is 34.6 Å². The van der Waals surface area contributed by atoms with Gasteiger partial charge in [-0.2, -0.15) is 0 Å². The summed E-state index contributed by atoms with van der Waals surface area (Å²) in [6.07, 6.45) is 7.38. The van der Waals surface area contributed by atoms with Gasteiger partial charge in [0.25, 0.3) is 5.91 Å². The number of hydrogen-bond acceptors (Lipinski definition) is 9. The Bertz CT molecular complexity index is 2290. The van der Waals surface area contributed by atoms with Crippen molar-refractivity contribution in [3.8, 4) is 28.4 Å². The Morgan fingerprint density at radius 2 is 1.72 bits per heavy atom. The smallest absolute Gasteiger partial charge is 0.255 e. The van der Waals surface area contributed by atoms with E-state index in [1.54, 1.807) is 37.6 Å². The number of aliphatic hydroxyl groups is 1. The Labute approximate surface area is 311 Å². The largest absolute Gasteiger partial charge is 0.494 e. The molecule has 0 saturated carbocycles. The molecular weight excluding hydrogens is 690 g/mol. The minimum atomic E-state index is -0.866. The molecule has 0 spiro atoms.